The van der Waals surface area contributed by atoms with Gasteiger partial charge in [-0.1, -0.05) is 26.2 Å². The Morgan fingerprint density at radius 3 is 2.42 bits per heavy atom. The van der Waals surface area contributed by atoms with Crippen LogP contribution in [0.5, 0.6) is 0 Å². The van der Waals surface area contributed by atoms with Crippen LogP contribution in [0.25, 0.3) is 0 Å². The molecular formula is C16H29NO2. The maximum absolute atomic E-state index is 11.8. The van der Waals surface area contributed by atoms with E-state index in [-0.39, 0.29) is 11.9 Å². The summed E-state index contributed by atoms with van der Waals surface area (Å²) in [6.07, 6.45) is 8.86. The predicted molar refractivity (Wildman–Crippen MR) is 77.0 cm³/mol. The van der Waals surface area contributed by atoms with Gasteiger partial charge in [-0.2, -0.15) is 0 Å². The number of carbonyl (C=O) groups is 1. The maximum atomic E-state index is 11.8. The molecule has 0 radical (unpaired) electrons. The number of rotatable bonds is 4. The molecule has 1 saturated carbocycles. The van der Waals surface area contributed by atoms with E-state index in [9.17, 15) is 4.79 Å². The zero-order chi connectivity index (χ0) is 13.7. The SMILES string of the molecule is CCOC(=O)C1CCN(C2CCCCC2CC)CC1. The number of nitrogens with zero attached hydrogens (tertiary/aromatic N) is 1. The van der Waals surface area contributed by atoms with Crippen molar-refractivity contribution >= 4 is 5.97 Å². The fourth-order valence-electron chi connectivity index (χ4n) is 3.87. The molecule has 0 aromatic heterocycles. The minimum atomic E-state index is 0.0258. The van der Waals surface area contributed by atoms with Crippen molar-refractivity contribution < 1.29 is 9.53 Å². The van der Waals surface area contributed by atoms with Crippen molar-refractivity contribution in [3.63, 3.8) is 0 Å². The lowest BCUT2D eigenvalue weighted by Gasteiger charge is -2.42. The average molecular weight is 267 g/mol. The third-order valence-corrected chi connectivity index (χ3v) is 5.01. The zero-order valence-electron chi connectivity index (χ0n) is 12.6. The van der Waals surface area contributed by atoms with E-state index < -0.39 is 0 Å². The van der Waals surface area contributed by atoms with Crippen LogP contribution in [0.15, 0.2) is 0 Å². The smallest absolute Gasteiger partial charge is 0.309 e. The third-order valence-electron chi connectivity index (χ3n) is 5.01. The molecule has 0 spiro atoms. The zero-order valence-corrected chi connectivity index (χ0v) is 12.6. The summed E-state index contributed by atoms with van der Waals surface area (Å²) in [5, 5.41) is 0. The largest absolute Gasteiger partial charge is 0.466 e. The molecule has 1 saturated heterocycles. The highest BCUT2D eigenvalue weighted by atomic mass is 16.5. The molecule has 19 heavy (non-hydrogen) atoms. The summed E-state index contributed by atoms with van der Waals surface area (Å²) in [6.45, 7) is 6.91. The molecule has 1 aliphatic carbocycles. The van der Waals surface area contributed by atoms with E-state index in [2.05, 4.69) is 11.8 Å². The van der Waals surface area contributed by atoms with Crippen LogP contribution in [-0.2, 0) is 9.53 Å². The number of hydrogen-bond donors (Lipinski definition) is 0. The second kappa shape index (κ2) is 7.28. The summed E-state index contributed by atoms with van der Waals surface area (Å²) in [7, 11) is 0. The van der Waals surface area contributed by atoms with Gasteiger partial charge in [0.2, 0.25) is 0 Å². The number of likely N-dealkylation sites (tertiary alicyclic amines) is 1. The van der Waals surface area contributed by atoms with Crippen LogP contribution in [0.3, 0.4) is 0 Å². The number of esters is 1. The van der Waals surface area contributed by atoms with Crippen LogP contribution in [0, 0.1) is 11.8 Å². The van der Waals surface area contributed by atoms with Gasteiger partial charge in [0.05, 0.1) is 12.5 Å². The topological polar surface area (TPSA) is 29.5 Å². The highest BCUT2D eigenvalue weighted by Gasteiger charge is 2.33. The van der Waals surface area contributed by atoms with Crippen molar-refractivity contribution in [1.82, 2.24) is 4.90 Å². The number of piperidine rings is 1. The fourth-order valence-corrected chi connectivity index (χ4v) is 3.87. The Labute approximate surface area is 117 Å². The lowest BCUT2D eigenvalue weighted by Crippen LogP contribution is -2.47. The van der Waals surface area contributed by atoms with E-state index >= 15 is 0 Å². The van der Waals surface area contributed by atoms with Crippen LogP contribution >= 0.6 is 0 Å². The maximum Gasteiger partial charge on any atom is 0.309 e. The summed E-state index contributed by atoms with van der Waals surface area (Å²) in [5.74, 6) is 1.06. The van der Waals surface area contributed by atoms with E-state index in [1.807, 2.05) is 6.92 Å². The first-order chi connectivity index (χ1) is 9.26. The standard InChI is InChI=1S/C16H29NO2/c1-3-13-7-5-6-8-15(13)17-11-9-14(10-12-17)16(18)19-4-2/h13-15H,3-12H2,1-2H3. The molecular weight excluding hydrogens is 238 g/mol. The second-order valence-electron chi connectivity index (χ2n) is 6.08. The van der Waals surface area contributed by atoms with E-state index in [0.717, 1.165) is 37.9 Å². The molecule has 1 heterocycles. The molecule has 0 aromatic rings. The minimum Gasteiger partial charge on any atom is -0.466 e. The summed E-state index contributed by atoms with van der Waals surface area (Å²) >= 11 is 0. The van der Waals surface area contributed by atoms with Crippen LogP contribution in [0.4, 0.5) is 0 Å². The summed E-state index contributed by atoms with van der Waals surface area (Å²) in [4.78, 5) is 14.4. The Bertz CT molecular complexity index is 284. The number of hydrogen-bond acceptors (Lipinski definition) is 3. The third kappa shape index (κ3) is 3.71. The Balaban J connectivity index is 1.83. The Morgan fingerprint density at radius 2 is 1.79 bits per heavy atom. The first kappa shape index (κ1) is 14.8. The van der Waals surface area contributed by atoms with Crippen LogP contribution < -0.4 is 0 Å². The van der Waals surface area contributed by atoms with E-state index in [4.69, 9.17) is 4.74 Å². The van der Waals surface area contributed by atoms with Gasteiger partial charge >= 0.3 is 5.97 Å². The molecule has 0 N–H and O–H groups in total. The van der Waals surface area contributed by atoms with Gasteiger partial charge in [-0.15, -0.1) is 0 Å². The molecule has 0 amide bonds. The van der Waals surface area contributed by atoms with Crippen LogP contribution in [0.1, 0.15) is 58.8 Å². The summed E-state index contributed by atoms with van der Waals surface area (Å²) in [5.41, 5.74) is 0. The number of carbonyl (C=O) groups excluding carboxylic acids is 1. The van der Waals surface area contributed by atoms with Crippen LogP contribution in [-0.4, -0.2) is 36.6 Å². The molecule has 2 unspecified atom stereocenters. The fraction of sp³-hybridized carbons (Fsp3) is 0.938. The van der Waals surface area contributed by atoms with Gasteiger partial charge in [0, 0.05) is 6.04 Å². The highest BCUT2D eigenvalue weighted by molar-refractivity contribution is 5.72. The van der Waals surface area contributed by atoms with Crippen LogP contribution in [0.2, 0.25) is 0 Å². The molecule has 2 aliphatic rings. The van der Waals surface area contributed by atoms with Gasteiger partial charge < -0.3 is 9.64 Å². The van der Waals surface area contributed by atoms with Gasteiger partial charge in [0.1, 0.15) is 0 Å². The molecule has 2 rings (SSSR count). The molecule has 110 valence electrons. The number of ether oxygens (including phenoxy) is 1. The summed E-state index contributed by atoms with van der Waals surface area (Å²) < 4.78 is 5.15. The molecule has 0 aromatic carbocycles. The van der Waals surface area contributed by atoms with Gasteiger partial charge in [-0.05, 0) is 51.6 Å². The molecule has 2 atom stereocenters. The Hall–Kier alpha value is -0.570. The van der Waals surface area contributed by atoms with Crippen molar-refractivity contribution in [2.45, 2.75) is 64.8 Å². The first-order valence-electron chi connectivity index (χ1n) is 8.17. The molecule has 0 bridgehead atoms. The van der Waals surface area contributed by atoms with Crippen molar-refractivity contribution in [3.05, 3.63) is 0 Å². The molecule has 3 heteroatoms. The van der Waals surface area contributed by atoms with E-state index in [1.54, 1.807) is 0 Å². The normalized spacial score (nSPS) is 30.2. The molecule has 3 nitrogen and oxygen atoms in total. The second-order valence-corrected chi connectivity index (χ2v) is 6.08. The van der Waals surface area contributed by atoms with Crippen molar-refractivity contribution in [1.29, 1.82) is 0 Å². The minimum absolute atomic E-state index is 0.0258. The lowest BCUT2D eigenvalue weighted by molar-refractivity contribution is -0.150. The van der Waals surface area contributed by atoms with Crippen molar-refractivity contribution in [2.75, 3.05) is 19.7 Å². The van der Waals surface area contributed by atoms with Gasteiger partial charge in [0.15, 0.2) is 0 Å². The molecule has 2 fully saturated rings. The lowest BCUT2D eigenvalue weighted by atomic mass is 9.80. The van der Waals surface area contributed by atoms with Crippen molar-refractivity contribution in [2.24, 2.45) is 11.8 Å². The highest BCUT2D eigenvalue weighted by Crippen LogP contribution is 2.33. The van der Waals surface area contributed by atoms with E-state index in [0.29, 0.717) is 6.61 Å². The Kier molecular flexibility index (Phi) is 5.68. The van der Waals surface area contributed by atoms with Gasteiger partial charge in [-0.25, -0.2) is 0 Å². The van der Waals surface area contributed by atoms with E-state index in [1.165, 1.54) is 32.1 Å². The van der Waals surface area contributed by atoms with Crippen molar-refractivity contribution in [3.8, 4) is 0 Å². The summed E-state index contributed by atoms with van der Waals surface area (Å²) in [6, 6.07) is 0.780. The Morgan fingerprint density at radius 1 is 1.11 bits per heavy atom. The van der Waals surface area contributed by atoms with Gasteiger partial charge in [0.25, 0.3) is 0 Å². The first-order valence-corrected chi connectivity index (χ1v) is 8.17. The molecule has 1 aliphatic heterocycles. The van der Waals surface area contributed by atoms with Gasteiger partial charge in [-0.3, -0.25) is 4.79 Å². The quantitative estimate of drug-likeness (QED) is 0.732. The monoisotopic (exact) mass is 267 g/mol. The predicted octanol–water partition coefficient (Wildman–Crippen LogP) is 3.23. The average Bonchev–Trinajstić information content (AvgIpc) is 2.47.